The number of ether oxygens (including phenoxy) is 1. The van der Waals surface area contributed by atoms with Crippen molar-refractivity contribution in [1.29, 1.82) is 0 Å². The van der Waals surface area contributed by atoms with E-state index in [1.165, 1.54) is 0 Å². The van der Waals surface area contributed by atoms with Crippen LogP contribution in [0.2, 0.25) is 0 Å². The molecule has 7 rings (SSSR count). The summed E-state index contributed by atoms with van der Waals surface area (Å²) in [5.74, 6) is 0.724. The maximum atomic E-state index is 13.5. The van der Waals surface area contributed by atoms with Crippen LogP contribution in [0, 0.1) is 19.3 Å². The molecule has 1 saturated heterocycles. The average molecular weight is 455 g/mol. The van der Waals surface area contributed by atoms with Crippen molar-refractivity contribution in [3.05, 3.63) is 53.2 Å². The first-order valence-corrected chi connectivity index (χ1v) is 11.2. The second-order valence-electron chi connectivity index (χ2n) is 9.83. The van der Waals surface area contributed by atoms with Gasteiger partial charge < -0.3 is 9.64 Å². The Morgan fingerprint density at radius 2 is 1.85 bits per heavy atom. The van der Waals surface area contributed by atoms with Gasteiger partial charge in [-0.2, -0.15) is 13.2 Å². The molecule has 4 fully saturated rings. The van der Waals surface area contributed by atoms with Gasteiger partial charge in [0.05, 0.1) is 28.9 Å². The van der Waals surface area contributed by atoms with Crippen molar-refractivity contribution < 1.29 is 17.9 Å². The summed E-state index contributed by atoms with van der Waals surface area (Å²) in [5.41, 5.74) is 2.61. The van der Waals surface area contributed by atoms with Crippen molar-refractivity contribution in [2.24, 2.45) is 5.41 Å². The van der Waals surface area contributed by atoms with Crippen molar-refractivity contribution in [3.8, 4) is 0 Å². The lowest BCUT2D eigenvalue weighted by Gasteiger charge is -2.70. The van der Waals surface area contributed by atoms with Crippen LogP contribution in [0.1, 0.15) is 48.0 Å². The van der Waals surface area contributed by atoms with Crippen molar-refractivity contribution in [2.45, 2.75) is 50.8 Å². The van der Waals surface area contributed by atoms with E-state index in [2.05, 4.69) is 19.9 Å². The maximum absolute atomic E-state index is 13.5. The molecular weight excluding hydrogens is 431 g/mol. The molecule has 4 heterocycles. The summed E-state index contributed by atoms with van der Waals surface area (Å²) in [5, 5.41) is 0. The highest BCUT2D eigenvalue weighted by Crippen LogP contribution is 2.78. The van der Waals surface area contributed by atoms with E-state index >= 15 is 0 Å². The SMILES string of the molecule is Cc1cc(C2CN(c3cc4nc(C)cnc4c(C45CC(C(F)(F)F)(C4)C5)n3)CCO2)ccn1. The predicted octanol–water partition coefficient (Wildman–Crippen LogP) is 4.60. The number of rotatable bonds is 3. The van der Waals surface area contributed by atoms with Gasteiger partial charge in [0.25, 0.3) is 0 Å². The van der Waals surface area contributed by atoms with Gasteiger partial charge >= 0.3 is 6.18 Å². The minimum atomic E-state index is -4.16. The summed E-state index contributed by atoms with van der Waals surface area (Å²) < 4.78 is 46.5. The number of fused-ring (bicyclic) bond motifs is 1. The van der Waals surface area contributed by atoms with Crippen LogP contribution in [0.15, 0.2) is 30.6 Å². The van der Waals surface area contributed by atoms with Gasteiger partial charge in [0, 0.05) is 42.7 Å². The molecule has 33 heavy (non-hydrogen) atoms. The Morgan fingerprint density at radius 1 is 1.06 bits per heavy atom. The molecule has 3 aromatic rings. The molecule has 2 bridgehead atoms. The fraction of sp³-hybridized carbons (Fsp3) is 0.500. The number of hydrogen-bond acceptors (Lipinski definition) is 6. The van der Waals surface area contributed by atoms with Crippen LogP contribution in [0.25, 0.3) is 11.0 Å². The third-order valence-electron chi connectivity index (χ3n) is 7.45. The summed E-state index contributed by atoms with van der Waals surface area (Å²) in [4.78, 5) is 20.5. The van der Waals surface area contributed by atoms with E-state index in [1.807, 2.05) is 32.0 Å². The molecular formula is C24H24F3N5O. The highest BCUT2D eigenvalue weighted by atomic mass is 19.4. The first kappa shape index (κ1) is 20.8. The van der Waals surface area contributed by atoms with E-state index in [4.69, 9.17) is 9.72 Å². The zero-order valence-electron chi connectivity index (χ0n) is 18.5. The van der Waals surface area contributed by atoms with Crippen LogP contribution < -0.4 is 4.90 Å². The maximum Gasteiger partial charge on any atom is 0.394 e. The molecule has 0 N–H and O–H groups in total. The standard InChI is InChI=1S/C24H24F3N5O/c1-14-7-16(3-4-28-14)18-10-32(5-6-33-18)19-8-17-20(29-9-15(2)30-17)21(31-19)22-11-23(12-22,13-22)24(25,26)27/h3-4,7-9,18H,5-6,10-13H2,1-2H3. The molecule has 0 aromatic carbocycles. The normalized spacial score (nSPS) is 29.0. The number of halogens is 3. The molecule has 4 aliphatic rings. The number of pyridine rings is 2. The van der Waals surface area contributed by atoms with Gasteiger partial charge in [0.2, 0.25) is 0 Å². The van der Waals surface area contributed by atoms with Gasteiger partial charge in [0.15, 0.2) is 0 Å². The smallest absolute Gasteiger partial charge is 0.370 e. The third-order valence-corrected chi connectivity index (χ3v) is 7.45. The second-order valence-corrected chi connectivity index (χ2v) is 9.83. The lowest BCUT2D eigenvalue weighted by molar-refractivity contribution is -0.337. The number of anilines is 1. The van der Waals surface area contributed by atoms with E-state index in [0.29, 0.717) is 36.4 Å². The van der Waals surface area contributed by atoms with E-state index in [1.54, 1.807) is 12.4 Å². The van der Waals surface area contributed by atoms with Gasteiger partial charge in [0.1, 0.15) is 17.4 Å². The second kappa shape index (κ2) is 6.85. The molecule has 0 radical (unpaired) electrons. The van der Waals surface area contributed by atoms with Crippen LogP contribution >= 0.6 is 0 Å². The zero-order valence-corrected chi connectivity index (χ0v) is 18.5. The Labute approximate surface area is 189 Å². The number of hydrogen-bond donors (Lipinski definition) is 0. The fourth-order valence-corrected chi connectivity index (χ4v) is 5.80. The van der Waals surface area contributed by atoms with Crippen molar-refractivity contribution in [1.82, 2.24) is 19.9 Å². The lowest BCUT2D eigenvalue weighted by atomic mass is 9.34. The van der Waals surface area contributed by atoms with E-state index in [0.717, 1.165) is 22.8 Å². The number of morpholine rings is 1. The van der Waals surface area contributed by atoms with E-state index in [-0.39, 0.29) is 25.4 Å². The molecule has 172 valence electrons. The van der Waals surface area contributed by atoms with Crippen molar-refractivity contribution in [3.63, 3.8) is 0 Å². The highest BCUT2D eigenvalue weighted by molar-refractivity contribution is 5.81. The predicted molar refractivity (Wildman–Crippen MR) is 116 cm³/mol. The van der Waals surface area contributed by atoms with Gasteiger partial charge in [-0.05, 0) is 50.8 Å². The largest absolute Gasteiger partial charge is 0.394 e. The van der Waals surface area contributed by atoms with E-state index < -0.39 is 17.0 Å². The molecule has 3 saturated carbocycles. The summed E-state index contributed by atoms with van der Waals surface area (Å²) in [6.07, 6.45) is -0.587. The van der Waals surface area contributed by atoms with Crippen LogP contribution in [0.5, 0.6) is 0 Å². The Hall–Kier alpha value is -2.81. The monoisotopic (exact) mass is 455 g/mol. The molecule has 3 aromatic heterocycles. The molecule has 1 aliphatic heterocycles. The summed E-state index contributed by atoms with van der Waals surface area (Å²) >= 11 is 0. The molecule has 3 aliphatic carbocycles. The Bertz CT molecular complexity index is 1240. The lowest BCUT2D eigenvalue weighted by Crippen LogP contribution is -2.70. The Kier molecular flexibility index (Phi) is 4.31. The summed E-state index contributed by atoms with van der Waals surface area (Å²) in [7, 11) is 0. The molecule has 9 heteroatoms. The summed E-state index contributed by atoms with van der Waals surface area (Å²) in [6.45, 7) is 5.59. The van der Waals surface area contributed by atoms with E-state index in [9.17, 15) is 13.2 Å². The van der Waals surface area contributed by atoms with Crippen molar-refractivity contribution in [2.75, 3.05) is 24.6 Å². The quantitative estimate of drug-likeness (QED) is 0.575. The number of nitrogens with zero attached hydrogens (tertiary/aromatic N) is 5. The summed E-state index contributed by atoms with van der Waals surface area (Å²) in [6, 6.07) is 5.87. The number of alkyl halides is 3. The molecule has 1 unspecified atom stereocenters. The van der Waals surface area contributed by atoms with Gasteiger partial charge in [-0.3, -0.25) is 9.97 Å². The average Bonchev–Trinajstić information content (AvgIpc) is 2.70. The molecule has 1 atom stereocenters. The highest BCUT2D eigenvalue weighted by Gasteiger charge is 2.79. The first-order valence-electron chi connectivity index (χ1n) is 11.2. The van der Waals surface area contributed by atoms with Crippen molar-refractivity contribution >= 4 is 16.9 Å². The minimum absolute atomic E-state index is 0.0899. The Balaban J connectivity index is 1.37. The molecule has 0 amide bonds. The van der Waals surface area contributed by atoms with Crippen LogP contribution in [-0.2, 0) is 10.2 Å². The first-order chi connectivity index (χ1) is 15.7. The number of aryl methyl sites for hydroxylation is 2. The van der Waals surface area contributed by atoms with Gasteiger partial charge in [-0.15, -0.1) is 0 Å². The van der Waals surface area contributed by atoms with Gasteiger partial charge in [-0.25, -0.2) is 9.97 Å². The molecule has 0 spiro atoms. The van der Waals surface area contributed by atoms with Crippen LogP contribution in [0.4, 0.5) is 19.0 Å². The topological polar surface area (TPSA) is 64.0 Å². The van der Waals surface area contributed by atoms with Gasteiger partial charge in [-0.1, -0.05) is 0 Å². The minimum Gasteiger partial charge on any atom is -0.370 e. The van der Waals surface area contributed by atoms with Crippen LogP contribution in [0.3, 0.4) is 0 Å². The van der Waals surface area contributed by atoms with Crippen LogP contribution in [-0.4, -0.2) is 45.8 Å². The third kappa shape index (κ3) is 3.12. The molecule has 6 nitrogen and oxygen atoms in total. The fourth-order valence-electron chi connectivity index (χ4n) is 5.80. The Morgan fingerprint density at radius 3 is 2.58 bits per heavy atom. The zero-order chi connectivity index (χ0) is 23.0. The number of aromatic nitrogens is 4.